The second-order valence-electron chi connectivity index (χ2n) is 4.96. The van der Waals surface area contributed by atoms with Crippen molar-refractivity contribution in [1.29, 1.82) is 0 Å². The fourth-order valence-corrected chi connectivity index (χ4v) is 2.26. The Morgan fingerprint density at radius 3 is 2.53 bits per heavy atom. The number of hydrogen-bond donors (Lipinski definition) is 2. The average molecular weight is 259 g/mol. The summed E-state index contributed by atoms with van der Waals surface area (Å²) in [6.45, 7) is 1.96. The molecule has 19 heavy (non-hydrogen) atoms. The maximum absolute atomic E-state index is 11.7. The van der Waals surface area contributed by atoms with Crippen LogP contribution >= 0.6 is 0 Å². The van der Waals surface area contributed by atoms with Crippen LogP contribution in [0.25, 0.3) is 0 Å². The lowest BCUT2D eigenvalue weighted by molar-refractivity contribution is 0.238. The third kappa shape index (κ3) is 4.39. The minimum atomic E-state index is -0.241. The molecule has 0 aliphatic heterocycles. The van der Waals surface area contributed by atoms with Crippen LogP contribution in [0.3, 0.4) is 0 Å². The first-order valence-electron chi connectivity index (χ1n) is 6.92. The number of nitrogens with zero attached hydrogens (tertiary/aromatic N) is 1. The molecule has 1 aliphatic rings. The molecule has 0 unspecified atom stereocenters. The van der Waals surface area contributed by atoms with E-state index in [1.807, 2.05) is 37.3 Å². The fraction of sp³-hybridized carbons (Fsp3) is 0.467. The van der Waals surface area contributed by atoms with E-state index in [1.165, 1.54) is 19.3 Å². The van der Waals surface area contributed by atoms with Gasteiger partial charge in [0.1, 0.15) is 0 Å². The second kappa shape index (κ2) is 6.92. The van der Waals surface area contributed by atoms with Crippen LogP contribution in [-0.4, -0.2) is 11.7 Å². The van der Waals surface area contributed by atoms with Crippen LogP contribution in [0.5, 0.6) is 0 Å². The highest BCUT2D eigenvalue weighted by Crippen LogP contribution is 2.14. The first kappa shape index (κ1) is 13.6. The minimum Gasteiger partial charge on any atom is -0.330 e. The van der Waals surface area contributed by atoms with E-state index < -0.39 is 0 Å². The Labute approximate surface area is 114 Å². The van der Waals surface area contributed by atoms with E-state index in [2.05, 4.69) is 15.8 Å². The number of rotatable bonds is 3. The second-order valence-corrected chi connectivity index (χ2v) is 4.96. The molecule has 102 valence electrons. The van der Waals surface area contributed by atoms with Crippen molar-refractivity contribution in [3.05, 3.63) is 35.9 Å². The van der Waals surface area contributed by atoms with E-state index in [4.69, 9.17) is 0 Å². The van der Waals surface area contributed by atoms with Crippen LogP contribution in [0.1, 0.15) is 50.6 Å². The smallest absolute Gasteiger partial charge is 0.330 e. The summed E-state index contributed by atoms with van der Waals surface area (Å²) in [5.41, 5.74) is 4.78. The van der Waals surface area contributed by atoms with Crippen molar-refractivity contribution in [3.63, 3.8) is 0 Å². The highest BCUT2D eigenvalue weighted by Gasteiger charge is 2.10. The molecule has 4 nitrogen and oxygen atoms in total. The largest absolute Gasteiger partial charge is 0.335 e. The molecule has 0 heterocycles. The van der Waals surface area contributed by atoms with Gasteiger partial charge in [-0.05, 0) is 38.2 Å². The van der Waals surface area contributed by atoms with Gasteiger partial charge in [-0.1, -0.05) is 36.8 Å². The van der Waals surface area contributed by atoms with E-state index in [-0.39, 0.29) is 12.1 Å². The Kier molecular flexibility index (Phi) is 4.95. The van der Waals surface area contributed by atoms with Gasteiger partial charge in [0.15, 0.2) is 0 Å². The molecule has 0 spiro atoms. The molecule has 2 rings (SSSR count). The van der Waals surface area contributed by atoms with E-state index in [0.717, 1.165) is 24.1 Å². The van der Waals surface area contributed by atoms with Gasteiger partial charge in [0.2, 0.25) is 0 Å². The first-order chi connectivity index (χ1) is 9.25. The molecule has 1 aromatic rings. The lowest BCUT2D eigenvalue weighted by atomic mass is 9.99. The van der Waals surface area contributed by atoms with Crippen molar-refractivity contribution < 1.29 is 4.79 Å². The number of carbonyl (C=O) groups is 1. The van der Waals surface area contributed by atoms with Crippen molar-refractivity contribution in [2.75, 3.05) is 0 Å². The summed E-state index contributed by atoms with van der Waals surface area (Å²) >= 11 is 0. The lowest BCUT2D eigenvalue weighted by Crippen LogP contribution is -2.35. The molecular formula is C15H21N3O. The number of carbonyl (C=O) groups excluding carboxylic acids is 1. The summed E-state index contributed by atoms with van der Waals surface area (Å²) in [7, 11) is 0. The molecule has 1 aromatic carbocycles. The van der Waals surface area contributed by atoms with Gasteiger partial charge < -0.3 is 5.32 Å². The van der Waals surface area contributed by atoms with Gasteiger partial charge in [0.25, 0.3) is 0 Å². The predicted molar refractivity (Wildman–Crippen MR) is 77.0 cm³/mol. The minimum absolute atomic E-state index is 0.0206. The summed E-state index contributed by atoms with van der Waals surface area (Å²) in [6.07, 6.45) is 5.66. The van der Waals surface area contributed by atoms with Gasteiger partial charge in [-0.3, -0.25) is 0 Å². The van der Waals surface area contributed by atoms with Crippen molar-refractivity contribution in [3.8, 4) is 0 Å². The summed E-state index contributed by atoms with van der Waals surface area (Å²) in [5, 5.41) is 7.06. The molecule has 4 heteroatoms. The number of hydrazone groups is 1. The molecule has 2 amide bonds. The average Bonchev–Trinajstić information content (AvgIpc) is 2.47. The topological polar surface area (TPSA) is 53.5 Å². The maximum Gasteiger partial charge on any atom is 0.335 e. The molecule has 0 radical (unpaired) electrons. The molecule has 0 bridgehead atoms. The zero-order valence-electron chi connectivity index (χ0n) is 11.4. The Morgan fingerprint density at radius 1 is 1.16 bits per heavy atom. The van der Waals surface area contributed by atoms with Crippen molar-refractivity contribution in [2.45, 2.75) is 45.1 Å². The van der Waals surface area contributed by atoms with Crippen molar-refractivity contribution in [1.82, 2.24) is 10.7 Å². The Morgan fingerprint density at radius 2 is 1.84 bits per heavy atom. The van der Waals surface area contributed by atoms with Crippen LogP contribution in [0, 0.1) is 0 Å². The van der Waals surface area contributed by atoms with Gasteiger partial charge in [0, 0.05) is 5.71 Å². The third-order valence-corrected chi connectivity index (χ3v) is 3.39. The van der Waals surface area contributed by atoms with E-state index in [0.29, 0.717) is 0 Å². The summed E-state index contributed by atoms with van der Waals surface area (Å²) in [6, 6.07) is 9.63. The van der Waals surface area contributed by atoms with Gasteiger partial charge in [0.05, 0.1) is 6.04 Å². The Balaban J connectivity index is 1.81. The van der Waals surface area contributed by atoms with E-state index >= 15 is 0 Å². The Hall–Kier alpha value is -1.84. The Bertz CT molecular complexity index is 434. The zero-order chi connectivity index (χ0) is 13.5. The highest BCUT2D eigenvalue weighted by molar-refractivity contribution is 5.86. The molecule has 1 fully saturated rings. The quantitative estimate of drug-likeness (QED) is 0.803. The third-order valence-electron chi connectivity index (χ3n) is 3.39. The molecule has 0 saturated heterocycles. The predicted octanol–water partition coefficient (Wildman–Crippen LogP) is 3.37. The monoisotopic (exact) mass is 259 g/mol. The standard InChI is InChI=1S/C15H21N3O/c1-12(13-8-4-2-5-9-13)16-15(19)18-17-14-10-6-3-7-11-14/h2,4-5,8-9,12H,3,6-7,10-11H2,1H3,(H2,16,18,19)/t12-/m1/s1. The van der Waals surface area contributed by atoms with Crippen LogP contribution < -0.4 is 10.7 Å². The van der Waals surface area contributed by atoms with Gasteiger partial charge in [-0.25, -0.2) is 10.2 Å². The van der Waals surface area contributed by atoms with Gasteiger partial charge in [-0.2, -0.15) is 5.10 Å². The maximum atomic E-state index is 11.7. The molecular weight excluding hydrogens is 238 g/mol. The number of urea groups is 1. The van der Waals surface area contributed by atoms with Crippen molar-refractivity contribution in [2.24, 2.45) is 5.10 Å². The number of benzene rings is 1. The molecule has 1 aliphatic carbocycles. The van der Waals surface area contributed by atoms with Crippen LogP contribution in [0.2, 0.25) is 0 Å². The summed E-state index contributed by atoms with van der Waals surface area (Å²) < 4.78 is 0. The molecule has 2 N–H and O–H groups in total. The molecule has 1 atom stereocenters. The van der Waals surface area contributed by atoms with Gasteiger partial charge in [-0.15, -0.1) is 0 Å². The van der Waals surface area contributed by atoms with E-state index in [9.17, 15) is 4.79 Å². The lowest BCUT2D eigenvalue weighted by Gasteiger charge is -2.15. The summed E-state index contributed by atoms with van der Waals surface area (Å²) in [4.78, 5) is 11.7. The normalized spacial score (nSPS) is 16.6. The number of amides is 2. The van der Waals surface area contributed by atoms with Crippen LogP contribution in [0.4, 0.5) is 4.79 Å². The number of nitrogens with one attached hydrogen (secondary N) is 2. The van der Waals surface area contributed by atoms with E-state index in [1.54, 1.807) is 0 Å². The van der Waals surface area contributed by atoms with Crippen molar-refractivity contribution >= 4 is 11.7 Å². The van der Waals surface area contributed by atoms with Crippen LogP contribution in [-0.2, 0) is 0 Å². The zero-order valence-corrected chi connectivity index (χ0v) is 11.4. The highest BCUT2D eigenvalue weighted by atomic mass is 16.2. The SMILES string of the molecule is C[C@@H](NC(=O)NN=C1CCCCC1)c1ccccc1. The first-order valence-corrected chi connectivity index (χ1v) is 6.92. The van der Waals surface area contributed by atoms with Gasteiger partial charge >= 0.3 is 6.03 Å². The fourth-order valence-electron chi connectivity index (χ4n) is 2.26. The van der Waals surface area contributed by atoms with Crippen LogP contribution in [0.15, 0.2) is 35.4 Å². The number of hydrogen-bond acceptors (Lipinski definition) is 2. The summed E-state index contributed by atoms with van der Waals surface area (Å²) in [5.74, 6) is 0. The molecule has 1 saturated carbocycles. The molecule has 0 aromatic heterocycles.